The molecule has 0 aromatic rings. The lowest BCUT2D eigenvalue weighted by Crippen LogP contribution is -2.46. The zero-order chi connectivity index (χ0) is 11.4. The van der Waals surface area contributed by atoms with Gasteiger partial charge in [0.15, 0.2) is 0 Å². The highest BCUT2D eigenvalue weighted by molar-refractivity contribution is 4.84. The molecule has 1 aliphatic rings. The van der Waals surface area contributed by atoms with Gasteiger partial charge in [-0.05, 0) is 11.8 Å². The van der Waals surface area contributed by atoms with E-state index in [0.717, 1.165) is 13.1 Å². The number of nitrogens with zero attached hydrogens (tertiary/aromatic N) is 1. The molecule has 0 amide bonds. The van der Waals surface area contributed by atoms with Gasteiger partial charge in [-0.2, -0.15) is 0 Å². The molecule has 1 fully saturated rings. The summed E-state index contributed by atoms with van der Waals surface area (Å²) >= 11 is 0. The topological polar surface area (TPSA) is 32.7 Å². The van der Waals surface area contributed by atoms with Crippen LogP contribution in [0, 0.1) is 11.8 Å². The van der Waals surface area contributed by atoms with Gasteiger partial charge in [0.05, 0.1) is 25.4 Å². The monoisotopic (exact) mass is 215 g/mol. The molecule has 0 aromatic heterocycles. The van der Waals surface area contributed by atoms with Gasteiger partial charge >= 0.3 is 0 Å². The van der Waals surface area contributed by atoms with Crippen molar-refractivity contribution in [3.05, 3.63) is 0 Å². The average molecular weight is 215 g/mol. The van der Waals surface area contributed by atoms with Gasteiger partial charge in [-0.15, -0.1) is 0 Å². The molecule has 1 N–H and O–H groups in total. The number of ether oxygens (including phenoxy) is 1. The molecule has 1 aliphatic heterocycles. The average Bonchev–Trinajstić information content (AvgIpc) is 2.48. The molecule has 0 radical (unpaired) electrons. The van der Waals surface area contributed by atoms with Crippen molar-refractivity contribution in [3.63, 3.8) is 0 Å². The second-order valence-electron chi connectivity index (χ2n) is 5.41. The van der Waals surface area contributed by atoms with E-state index < -0.39 is 0 Å². The molecule has 2 atom stereocenters. The van der Waals surface area contributed by atoms with Crippen LogP contribution < -0.4 is 0 Å². The molecular weight excluding hydrogens is 190 g/mol. The Morgan fingerprint density at radius 1 is 1.13 bits per heavy atom. The standard InChI is InChI=1S/C12H25NO2/c1-9(2)5-13(6-10(3)4)11-7-15-8-12(11)14/h9-12,14H,5-8H2,1-4H3/t11-,12-/m1/s1. The second-order valence-corrected chi connectivity index (χ2v) is 5.41. The van der Waals surface area contributed by atoms with E-state index in [9.17, 15) is 5.11 Å². The van der Waals surface area contributed by atoms with Gasteiger partial charge in [0.2, 0.25) is 0 Å². The largest absolute Gasteiger partial charge is 0.389 e. The molecule has 1 saturated heterocycles. The fourth-order valence-electron chi connectivity index (χ4n) is 2.16. The molecule has 1 heterocycles. The highest BCUT2D eigenvalue weighted by atomic mass is 16.5. The SMILES string of the molecule is CC(C)CN(CC(C)C)[C@@H]1COC[C@H]1O. The normalized spacial score (nSPS) is 27.2. The van der Waals surface area contributed by atoms with E-state index in [-0.39, 0.29) is 12.1 Å². The molecule has 0 saturated carbocycles. The summed E-state index contributed by atoms with van der Waals surface area (Å²) in [6.45, 7) is 12.1. The summed E-state index contributed by atoms with van der Waals surface area (Å²) in [5.41, 5.74) is 0. The Morgan fingerprint density at radius 2 is 1.67 bits per heavy atom. The molecule has 0 unspecified atom stereocenters. The fourth-order valence-corrected chi connectivity index (χ4v) is 2.16. The van der Waals surface area contributed by atoms with Crippen molar-refractivity contribution in [1.29, 1.82) is 0 Å². The van der Waals surface area contributed by atoms with Gasteiger partial charge in [0.1, 0.15) is 0 Å². The summed E-state index contributed by atoms with van der Waals surface area (Å²) in [6.07, 6.45) is -0.303. The van der Waals surface area contributed by atoms with Crippen LogP contribution in [0.25, 0.3) is 0 Å². The molecule has 1 rings (SSSR count). The Bertz CT molecular complexity index is 172. The predicted molar refractivity (Wildman–Crippen MR) is 61.9 cm³/mol. The third-order valence-corrected chi connectivity index (χ3v) is 2.69. The summed E-state index contributed by atoms with van der Waals surface area (Å²) < 4.78 is 5.32. The third-order valence-electron chi connectivity index (χ3n) is 2.69. The fraction of sp³-hybridized carbons (Fsp3) is 1.00. The van der Waals surface area contributed by atoms with Gasteiger partial charge in [0, 0.05) is 13.1 Å². The minimum absolute atomic E-state index is 0.204. The van der Waals surface area contributed by atoms with Crippen molar-refractivity contribution in [2.45, 2.75) is 39.8 Å². The molecule has 90 valence electrons. The van der Waals surface area contributed by atoms with Crippen molar-refractivity contribution in [1.82, 2.24) is 4.90 Å². The van der Waals surface area contributed by atoms with E-state index >= 15 is 0 Å². The van der Waals surface area contributed by atoms with E-state index in [4.69, 9.17) is 4.74 Å². The second kappa shape index (κ2) is 5.83. The number of aliphatic hydroxyl groups excluding tert-OH is 1. The highest BCUT2D eigenvalue weighted by Gasteiger charge is 2.31. The highest BCUT2D eigenvalue weighted by Crippen LogP contribution is 2.16. The smallest absolute Gasteiger partial charge is 0.0950 e. The van der Waals surface area contributed by atoms with Gasteiger partial charge in [-0.25, -0.2) is 0 Å². The van der Waals surface area contributed by atoms with Crippen molar-refractivity contribution < 1.29 is 9.84 Å². The maximum Gasteiger partial charge on any atom is 0.0950 e. The molecule has 0 aliphatic carbocycles. The molecule has 0 spiro atoms. The zero-order valence-electron chi connectivity index (χ0n) is 10.4. The molecule has 0 aromatic carbocycles. The van der Waals surface area contributed by atoms with E-state index in [1.165, 1.54) is 0 Å². The van der Waals surface area contributed by atoms with Crippen LogP contribution in [0.1, 0.15) is 27.7 Å². The lowest BCUT2D eigenvalue weighted by molar-refractivity contribution is 0.0676. The first-order chi connectivity index (χ1) is 7.00. The minimum Gasteiger partial charge on any atom is -0.389 e. The van der Waals surface area contributed by atoms with Crippen LogP contribution in [-0.2, 0) is 4.74 Å². The first-order valence-electron chi connectivity index (χ1n) is 6.00. The summed E-state index contributed by atoms with van der Waals surface area (Å²) in [6, 6.07) is 0.204. The quantitative estimate of drug-likeness (QED) is 0.751. The molecule has 0 bridgehead atoms. The molecular formula is C12H25NO2. The van der Waals surface area contributed by atoms with Gasteiger partial charge < -0.3 is 9.84 Å². The Morgan fingerprint density at radius 3 is 2.00 bits per heavy atom. The Balaban J connectivity index is 2.53. The van der Waals surface area contributed by atoms with Gasteiger partial charge in [-0.1, -0.05) is 27.7 Å². The molecule has 15 heavy (non-hydrogen) atoms. The van der Waals surface area contributed by atoms with Crippen molar-refractivity contribution in [2.75, 3.05) is 26.3 Å². The van der Waals surface area contributed by atoms with Crippen LogP contribution in [0.15, 0.2) is 0 Å². The lowest BCUT2D eigenvalue weighted by atomic mass is 10.1. The van der Waals surface area contributed by atoms with Crippen molar-refractivity contribution in [3.8, 4) is 0 Å². The van der Waals surface area contributed by atoms with Crippen LogP contribution in [0.2, 0.25) is 0 Å². The van der Waals surface area contributed by atoms with Crippen LogP contribution in [-0.4, -0.2) is 48.5 Å². The Labute approximate surface area is 93.4 Å². The van der Waals surface area contributed by atoms with E-state index in [1.807, 2.05) is 0 Å². The Kier molecular flexibility index (Phi) is 5.03. The number of aliphatic hydroxyl groups is 1. The molecule has 3 heteroatoms. The van der Waals surface area contributed by atoms with Gasteiger partial charge in [0.25, 0.3) is 0 Å². The predicted octanol–water partition coefficient (Wildman–Crippen LogP) is 1.36. The number of hydrogen-bond donors (Lipinski definition) is 1. The minimum atomic E-state index is -0.303. The maximum absolute atomic E-state index is 9.82. The van der Waals surface area contributed by atoms with E-state index in [2.05, 4.69) is 32.6 Å². The van der Waals surface area contributed by atoms with Crippen LogP contribution >= 0.6 is 0 Å². The summed E-state index contributed by atoms with van der Waals surface area (Å²) in [4.78, 5) is 2.38. The van der Waals surface area contributed by atoms with Crippen LogP contribution in [0.3, 0.4) is 0 Å². The number of hydrogen-bond acceptors (Lipinski definition) is 3. The summed E-state index contributed by atoms with van der Waals surface area (Å²) in [5, 5.41) is 9.82. The summed E-state index contributed by atoms with van der Waals surface area (Å²) in [5.74, 6) is 1.27. The third kappa shape index (κ3) is 4.09. The summed E-state index contributed by atoms with van der Waals surface area (Å²) in [7, 11) is 0. The van der Waals surface area contributed by atoms with E-state index in [0.29, 0.717) is 25.0 Å². The van der Waals surface area contributed by atoms with Crippen LogP contribution in [0.5, 0.6) is 0 Å². The zero-order valence-corrected chi connectivity index (χ0v) is 10.4. The number of rotatable bonds is 5. The molecule has 3 nitrogen and oxygen atoms in total. The van der Waals surface area contributed by atoms with E-state index in [1.54, 1.807) is 0 Å². The van der Waals surface area contributed by atoms with Crippen LogP contribution in [0.4, 0.5) is 0 Å². The Hall–Kier alpha value is -0.120. The van der Waals surface area contributed by atoms with Gasteiger partial charge in [-0.3, -0.25) is 4.90 Å². The first-order valence-corrected chi connectivity index (χ1v) is 6.00. The maximum atomic E-state index is 9.82. The van der Waals surface area contributed by atoms with Crippen molar-refractivity contribution >= 4 is 0 Å². The van der Waals surface area contributed by atoms with Crippen molar-refractivity contribution in [2.24, 2.45) is 11.8 Å². The first kappa shape index (κ1) is 12.9. The lowest BCUT2D eigenvalue weighted by Gasteiger charge is -2.32.